The zero-order valence-corrected chi connectivity index (χ0v) is 10.7. The fraction of sp³-hybridized carbons (Fsp3) is 0.846. The summed E-state index contributed by atoms with van der Waals surface area (Å²) in [6.45, 7) is 7.32. The summed E-state index contributed by atoms with van der Waals surface area (Å²) >= 11 is 0. The van der Waals surface area contributed by atoms with Crippen LogP contribution in [-0.2, 0) is 4.74 Å². The average molecular weight is 226 g/mol. The first-order valence-electron chi connectivity index (χ1n) is 6.43. The monoisotopic (exact) mass is 226 g/mol. The zero-order chi connectivity index (χ0) is 11.6. The lowest BCUT2D eigenvalue weighted by Gasteiger charge is -2.35. The highest BCUT2D eigenvalue weighted by Gasteiger charge is 2.20. The van der Waals surface area contributed by atoms with Crippen LogP contribution in [0.25, 0.3) is 0 Å². The van der Waals surface area contributed by atoms with Crippen molar-refractivity contribution < 1.29 is 4.74 Å². The Labute approximate surface area is 99.8 Å². The van der Waals surface area contributed by atoms with E-state index in [4.69, 9.17) is 4.74 Å². The van der Waals surface area contributed by atoms with Crippen LogP contribution < -0.4 is 5.32 Å². The van der Waals surface area contributed by atoms with Crippen molar-refractivity contribution in [3.8, 4) is 0 Å². The van der Waals surface area contributed by atoms with Gasteiger partial charge in [-0.2, -0.15) is 0 Å². The Balaban J connectivity index is 2.23. The Hall–Kier alpha value is -0.380. The van der Waals surface area contributed by atoms with Crippen LogP contribution in [-0.4, -0.2) is 50.8 Å². The zero-order valence-electron chi connectivity index (χ0n) is 10.7. The van der Waals surface area contributed by atoms with Crippen LogP contribution in [0.2, 0.25) is 0 Å². The molecule has 0 aromatic carbocycles. The summed E-state index contributed by atoms with van der Waals surface area (Å²) in [7, 11) is 1.75. The van der Waals surface area contributed by atoms with Crippen molar-refractivity contribution in [3.63, 3.8) is 0 Å². The van der Waals surface area contributed by atoms with Crippen molar-refractivity contribution in [2.75, 3.05) is 39.9 Å². The molecule has 3 heteroatoms. The highest BCUT2D eigenvalue weighted by Crippen LogP contribution is 2.16. The highest BCUT2D eigenvalue weighted by atomic mass is 16.5. The van der Waals surface area contributed by atoms with E-state index in [0.717, 1.165) is 26.2 Å². The number of likely N-dealkylation sites (tertiary alicyclic amines) is 1. The van der Waals surface area contributed by atoms with Gasteiger partial charge in [0.2, 0.25) is 0 Å². The summed E-state index contributed by atoms with van der Waals surface area (Å²) in [5.74, 6) is 0. The van der Waals surface area contributed by atoms with Crippen molar-refractivity contribution in [3.05, 3.63) is 12.2 Å². The summed E-state index contributed by atoms with van der Waals surface area (Å²) < 4.78 is 5.04. The molecule has 0 aromatic rings. The number of nitrogens with one attached hydrogen (secondary N) is 1. The van der Waals surface area contributed by atoms with E-state index in [2.05, 4.69) is 29.3 Å². The predicted octanol–water partition coefficient (Wildman–Crippen LogP) is 1.65. The summed E-state index contributed by atoms with van der Waals surface area (Å²) in [5, 5.41) is 3.47. The van der Waals surface area contributed by atoms with Crippen molar-refractivity contribution in [1.82, 2.24) is 10.2 Å². The number of rotatable bonds is 7. The molecule has 0 spiro atoms. The van der Waals surface area contributed by atoms with Crippen molar-refractivity contribution >= 4 is 0 Å². The molecule has 1 rings (SSSR count). The van der Waals surface area contributed by atoms with Gasteiger partial charge in [0.1, 0.15) is 0 Å². The van der Waals surface area contributed by atoms with Gasteiger partial charge in [0.25, 0.3) is 0 Å². The number of piperidine rings is 1. The van der Waals surface area contributed by atoms with Crippen LogP contribution in [0.4, 0.5) is 0 Å². The standard InChI is InChI=1S/C13H26N2O/c1-3-4-9-15-10-6-5-7-13(15)12-14-8-11-16-2/h3-4,13-14H,5-12H2,1-2H3. The van der Waals surface area contributed by atoms with Gasteiger partial charge in [-0.15, -0.1) is 0 Å². The van der Waals surface area contributed by atoms with Crippen LogP contribution in [0.15, 0.2) is 12.2 Å². The van der Waals surface area contributed by atoms with Gasteiger partial charge in [-0.05, 0) is 26.3 Å². The molecule has 1 aliphatic heterocycles. The second-order valence-electron chi connectivity index (χ2n) is 4.41. The summed E-state index contributed by atoms with van der Waals surface area (Å²) in [4.78, 5) is 2.59. The van der Waals surface area contributed by atoms with Crippen LogP contribution >= 0.6 is 0 Å². The maximum Gasteiger partial charge on any atom is 0.0587 e. The lowest BCUT2D eigenvalue weighted by Crippen LogP contribution is -2.45. The first-order valence-corrected chi connectivity index (χ1v) is 6.43. The van der Waals surface area contributed by atoms with Crippen molar-refractivity contribution in [1.29, 1.82) is 0 Å². The Kier molecular flexibility index (Phi) is 7.47. The minimum atomic E-state index is 0.710. The summed E-state index contributed by atoms with van der Waals surface area (Å²) in [6, 6.07) is 0.710. The van der Waals surface area contributed by atoms with Gasteiger partial charge >= 0.3 is 0 Å². The summed E-state index contributed by atoms with van der Waals surface area (Å²) in [5.41, 5.74) is 0. The fourth-order valence-electron chi connectivity index (χ4n) is 2.22. The second kappa shape index (κ2) is 8.74. The van der Waals surface area contributed by atoms with Crippen LogP contribution in [0.1, 0.15) is 26.2 Å². The first kappa shape index (κ1) is 13.7. The average Bonchev–Trinajstić information content (AvgIpc) is 2.33. The number of hydrogen-bond donors (Lipinski definition) is 1. The number of methoxy groups -OCH3 is 1. The number of allylic oxidation sites excluding steroid dienone is 1. The molecule has 0 saturated carbocycles. The lowest BCUT2D eigenvalue weighted by molar-refractivity contribution is 0.154. The van der Waals surface area contributed by atoms with E-state index < -0.39 is 0 Å². The van der Waals surface area contributed by atoms with Crippen LogP contribution in [0, 0.1) is 0 Å². The third-order valence-corrected chi connectivity index (χ3v) is 3.19. The van der Waals surface area contributed by atoms with Gasteiger partial charge < -0.3 is 10.1 Å². The van der Waals surface area contributed by atoms with E-state index >= 15 is 0 Å². The predicted molar refractivity (Wildman–Crippen MR) is 68.8 cm³/mol. The molecule has 0 bridgehead atoms. The highest BCUT2D eigenvalue weighted by molar-refractivity contribution is 4.87. The maximum atomic E-state index is 5.04. The maximum absolute atomic E-state index is 5.04. The van der Waals surface area contributed by atoms with E-state index in [1.807, 2.05) is 0 Å². The molecule has 3 nitrogen and oxygen atoms in total. The molecule has 94 valence electrons. The Morgan fingerprint density at radius 1 is 1.44 bits per heavy atom. The number of hydrogen-bond acceptors (Lipinski definition) is 3. The molecule has 0 amide bonds. The normalized spacial score (nSPS) is 23.0. The minimum Gasteiger partial charge on any atom is -0.383 e. The van der Waals surface area contributed by atoms with Gasteiger partial charge in [0, 0.05) is 32.8 Å². The van der Waals surface area contributed by atoms with Gasteiger partial charge in [0.05, 0.1) is 6.61 Å². The van der Waals surface area contributed by atoms with Gasteiger partial charge in [-0.25, -0.2) is 0 Å². The van der Waals surface area contributed by atoms with Crippen LogP contribution in [0.5, 0.6) is 0 Å². The third kappa shape index (κ3) is 5.10. The lowest BCUT2D eigenvalue weighted by atomic mass is 10.0. The third-order valence-electron chi connectivity index (χ3n) is 3.19. The summed E-state index contributed by atoms with van der Waals surface area (Å²) in [6.07, 6.45) is 8.46. The van der Waals surface area contributed by atoms with E-state index in [0.29, 0.717) is 6.04 Å². The molecule has 16 heavy (non-hydrogen) atoms. The Bertz CT molecular complexity index is 194. The molecule has 1 heterocycles. The van der Waals surface area contributed by atoms with Crippen molar-refractivity contribution in [2.24, 2.45) is 0 Å². The SMILES string of the molecule is CC=CCN1CCCCC1CNCCOC. The quantitative estimate of drug-likeness (QED) is 0.528. The molecule has 0 aliphatic carbocycles. The molecular formula is C13H26N2O. The first-order chi connectivity index (χ1) is 7.88. The minimum absolute atomic E-state index is 0.710. The van der Waals surface area contributed by atoms with E-state index in [9.17, 15) is 0 Å². The molecule has 1 fully saturated rings. The van der Waals surface area contributed by atoms with Crippen LogP contribution in [0.3, 0.4) is 0 Å². The largest absolute Gasteiger partial charge is 0.383 e. The molecule has 1 saturated heterocycles. The number of ether oxygens (including phenoxy) is 1. The topological polar surface area (TPSA) is 24.5 Å². The van der Waals surface area contributed by atoms with Gasteiger partial charge in [-0.3, -0.25) is 4.90 Å². The Morgan fingerprint density at radius 3 is 3.06 bits per heavy atom. The molecule has 1 N–H and O–H groups in total. The number of nitrogens with zero attached hydrogens (tertiary/aromatic N) is 1. The van der Waals surface area contributed by atoms with E-state index in [1.165, 1.54) is 25.8 Å². The Morgan fingerprint density at radius 2 is 2.31 bits per heavy atom. The van der Waals surface area contributed by atoms with Gasteiger partial charge in [0.15, 0.2) is 0 Å². The molecule has 0 radical (unpaired) electrons. The van der Waals surface area contributed by atoms with E-state index in [-0.39, 0.29) is 0 Å². The molecule has 1 aliphatic rings. The van der Waals surface area contributed by atoms with E-state index in [1.54, 1.807) is 7.11 Å². The fourth-order valence-corrected chi connectivity index (χ4v) is 2.22. The smallest absolute Gasteiger partial charge is 0.0587 e. The van der Waals surface area contributed by atoms with Gasteiger partial charge in [-0.1, -0.05) is 18.6 Å². The van der Waals surface area contributed by atoms with Crippen molar-refractivity contribution in [2.45, 2.75) is 32.2 Å². The molecule has 0 aromatic heterocycles. The molecule has 1 atom stereocenters. The molecule has 1 unspecified atom stereocenters. The molecular weight excluding hydrogens is 200 g/mol. The second-order valence-corrected chi connectivity index (χ2v) is 4.41.